The summed E-state index contributed by atoms with van der Waals surface area (Å²) in [5, 5.41) is 7.47. The average molecular weight is 303 g/mol. The first-order valence-electron chi connectivity index (χ1n) is 7.60. The third-order valence-electron chi connectivity index (χ3n) is 3.85. The van der Waals surface area contributed by atoms with Crippen molar-refractivity contribution in [2.24, 2.45) is 5.92 Å². The van der Waals surface area contributed by atoms with Crippen molar-refractivity contribution >= 4 is 11.8 Å². The normalized spacial score (nSPS) is 16.2. The predicted molar refractivity (Wildman–Crippen MR) is 84.2 cm³/mol. The van der Waals surface area contributed by atoms with E-state index in [1.165, 1.54) is 17.7 Å². The number of nitrogens with one attached hydrogen (secondary N) is 1. The molecule has 3 rings (SSSR count). The first-order chi connectivity index (χ1) is 10.4. The molecular formula is C16H21N3OS. The van der Waals surface area contributed by atoms with Crippen molar-refractivity contribution in [3.05, 3.63) is 42.0 Å². The van der Waals surface area contributed by atoms with Crippen molar-refractivity contribution in [2.45, 2.75) is 36.3 Å². The van der Waals surface area contributed by atoms with E-state index >= 15 is 0 Å². The zero-order valence-corrected chi connectivity index (χ0v) is 12.9. The van der Waals surface area contributed by atoms with E-state index in [1.54, 1.807) is 11.8 Å². The lowest BCUT2D eigenvalue weighted by atomic mass is 9.93. The molecular weight excluding hydrogens is 282 g/mol. The standard InChI is InChI=1S/C16H21N3OS/c1-2-4-14(5-3-1)21-12-15-18-16(20-19-15)7-6-13-8-10-17-11-9-13/h1-5,13,17H,6-12H2. The zero-order valence-electron chi connectivity index (χ0n) is 12.1. The van der Waals surface area contributed by atoms with Gasteiger partial charge in [0.2, 0.25) is 5.89 Å². The van der Waals surface area contributed by atoms with Gasteiger partial charge < -0.3 is 9.84 Å². The Hall–Kier alpha value is -1.33. The molecule has 0 saturated carbocycles. The Bertz CT molecular complexity index is 537. The topological polar surface area (TPSA) is 51.0 Å². The van der Waals surface area contributed by atoms with Gasteiger partial charge in [-0.3, -0.25) is 0 Å². The molecule has 0 aliphatic carbocycles. The molecule has 0 bridgehead atoms. The van der Waals surface area contributed by atoms with E-state index < -0.39 is 0 Å². The molecule has 1 aliphatic rings. The third-order valence-corrected chi connectivity index (χ3v) is 4.85. The van der Waals surface area contributed by atoms with Crippen molar-refractivity contribution < 1.29 is 4.52 Å². The second kappa shape index (κ2) is 7.61. The fourth-order valence-corrected chi connectivity index (χ4v) is 3.38. The van der Waals surface area contributed by atoms with E-state index in [-0.39, 0.29) is 0 Å². The van der Waals surface area contributed by atoms with Gasteiger partial charge in [0.25, 0.3) is 0 Å². The van der Waals surface area contributed by atoms with Crippen LogP contribution in [0.2, 0.25) is 0 Å². The highest BCUT2D eigenvalue weighted by Crippen LogP contribution is 2.22. The van der Waals surface area contributed by atoms with E-state index in [2.05, 4.69) is 27.6 Å². The van der Waals surface area contributed by atoms with Crippen LogP contribution in [0.3, 0.4) is 0 Å². The maximum Gasteiger partial charge on any atom is 0.226 e. The minimum Gasteiger partial charge on any atom is -0.339 e. The van der Waals surface area contributed by atoms with Crippen LogP contribution in [0.5, 0.6) is 0 Å². The molecule has 0 atom stereocenters. The van der Waals surface area contributed by atoms with Crippen LogP contribution in [0, 0.1) is 5.92 Å². The molecule has 1 saturated heterocycles. The third kappa shape index (κ3) is 4.58. The smallest absolute Gasteiger partial charge is 0.226 e. The fraction of sp³-hybridized carbons (Fsp3) is 0.500. The highest BCUT2D eigenvalue weighted by Gasteiger charge is 2.15. The van der Waals surface area contributed by atoms with Crippen LogP contribution >= 0.6 is 11.8 Å². The maximum absolute atomic E-state index is 5.35. The van der Waals surface area contributed by atoms with Gasteiger partial charge in [-0.2, -0.15) is 4.98 Å². The molecule has 0 spiro atoms. The van der Waals surface area contributed by atoms with Gasteiger partial charge in [0.15, 0.2) is 5.82 Å². The van der Waals surface area contributed by atoms with Gasteiger partial charge >= 0.3 is 0 Å². The van der Waals surface area contributed by atoms with Crippen LogP contribution in [-0.4, -0.2) is 23.2 Å². The molecule has 2 heterocycles. The highest BCUT2D eigenvalue weighted by molar-refractivity contribution is 7.98. The van der Waals surface area contributed by atoms with Crippen LogP contribution in [0.25, 0.3) is 0 Å². The largest absolute Gasteiger partial charge is 0.339 e. The Morgan fingerprint density at radius 3 is 2.81 bits per heavy atom. The maximum atomic E-state index is 5.35. The number of piperidine rings is 1. The van der Waals surface area contributed by atoms with Crippen molar-refractivity contribution in [3.63, 3.8) is 0 Å². The number of rotatable bonds is 6. The molecule has 21 heavy (non-hydrogen) atoms. The summed E-state index contributed by atoms with van der Waals surface area (Å²) in [5.41, 5.74) is 0. The summed E-state index contributed by atoms with van der Waals surface area (Å²) in [7, 11) is 0. The Labute approximate surface area is 129 Å². The lowest BCUT2D eigenvalue weighted by Gasteiger charge is -2.21. The summed E-state index contributed by atoms with van der Waals surface area (Å²) in [6.45, 7) is 2.29. The molecule has 0 amide bonds. The second-order valence-electron chi connectivity index (χ2n) is 5.44. The van der Waals surface area contributed by atoms with Crippen LogP contribution in [0.15, 0.2) is 39.8 Å². The molecule has 5 heteroatoms. The van der Waals surface area contributed by atoms with E-state index in [1.807, 2.05) is 18.2 Å². The van der Waals surface area contributed by atoms with Gasteiger partial charge in [0, 0.05) is 11.3 Å². The molecule has 1 aromatic heterocycles. The first kappa shape index (κ1) is 14.6. The minimum absolute atomic E-state index is 0.765. The van der Waals surface area contributed by atoms with E-state index in [0.29, 0.717) is 0 Å². The molecule has 4 nitrogen and oxygen atoms in total. The van der Waals surface area contributed by atoms with Gasteiger partial charge in [-0.1, -0.05) is 23.4 Å². The second-order valence-corrected chi connectivity index (χ2v) is 6.49. The number of nitrogens with zero attached hydrogens (tertiary/aromatic N) is 2. The number of aryl methyl sites for hydroxylation is 1. The Morgan fingerprint density at radius 1 is 1.19 bits per heavy atom. The summed E-state index contributed by atoms with van der Waals surface area (Å²) in [5.74, 6) is 3.16. The number of benzene rings is 1. The Morgan fingerprint density at radius 2 is 2.00 bits per heavy atom. The molecule has 2 aromatic rings. The van der Waals surface area contributed by atoms with Crippen LogP contribution in [0.4, 0.5) is 0 Å². The molecule has 1 aliphatic heterocycles. The van der Waals surface area contributed by atoms with Crippen LogP contribution in [0.1, 0.15) is 31.0 Å². The lowest BCUT2D eigenvalue weighted by molar-refractivity contribution is 0.323. The summed E-state index contributed by atoms with van der Waals surface area (Å²) in [6.07, 6.45) is 4.61. The molecule has 1 N–H and O–H groups in total. The molecule has 0 unspecified atom stereocenters. The van der Waals surface area contributed by atoms with Crippen molar-refractivity contribution in [2.75, 3.05) is 13.1 Å². The number of thioether (sulfide) groups is 1. The quantitative estimate of drug-likeness (QED) is 0.830. The monoisotopic (exact) mass is 303 g/mol. The van der Waals surface area contributed by atoms with Gasteiger partial charge in [0.05, 0.1) is 5.75 Å². The Kier molecular flexibility index (Phi) is 5.29. The molecule has 1 fully saturated rings. The predicted octanol–water partition coefficient (Wildman–Crippen LogP) is 3.29. The fourth-order valence-electron chi connectivity index (χ4n) is 2.61. The van der Waals surface area contributed by atoms with Gasteiger partial charge in [-0.05, 0) is 50.4 Å². The van der Waals surface area contributed by atoms with E-state index in [0.717, 1.165) is 49.3 Å². The molecule has 112 valence electrons. The highest BCUT2D eigenvalue weighted by atomic mass is 32.2. The van der Waals surface area contributed by atoms with Gasteiger partial charge in [-0.25, -0.2) is 0 Å². The van der Waals surface area contributed by atoms with Crippen molar-refractivity contribution in [3.8, 4) is 0 Å². The van der Waals surface area contributed by atoms with Gasteiger partial charge in [0.1, 0.15) is 0 Å². The van der Waals surface area contributed by atoms with Gasteiger partial charge in [-0.15, -0.1) is 11.8 Å². The van der Waals surface area contributed by atoms with Crippen molar-refractivity contribution in [1.29, 1.82) is 0 Å². The lowest BCUT2D eigenvalue weighted by Crippen LogP contribution is -2.27. The van der Waals surface area contributed by atoms with Crippen LogP contribution in [-0.2, 0) is 12.2 Å². The van der Waals surface area contributed by atoms with Crippen molar-refractivity contribution in [1.82, 2.24) is 15.5 Å². The number of hydrogen-bond acceptors (Lipinski definition) is 5. The van der Waals surface area contributed by atoms with E-state index in [9.17, 15) is 0 Å². The summed E-state index contributed by atoms with van der Waals surface area (Å²) in [4.78, 5) is 5.73. The minimum atomic E-state index is 0.765. The van der Waals surface area contributed by atoms with E-state index in [4.69, 9.17) is 4.52 Å². The SMILES string of the molecule is c1ccc(SCc2noc(CCC3CCNCC3)n2)cc1. The Balaban J connectivity index is 1.45. The zero-order chi connectivity index (χ0) is 14.3. The number of hydrogen-bond donors (Lipinski definition) is 1. The summed E-state index contributed by atoms with van der Waals surface area (Å²) < 4.78 is 5.35. The van der Waals surface area contributed by atoms with Crippen LogP contribution < -0.4 is 5.32 Å². The summed E-state index contributed by atoms with van der Waals surface area (Å²) in [6, 6.07) is 10.3. The average Bonchev–Trinajstić information content (AvgIpc) is 3.01. The number of aromatic nitrogens is 2. The first-order valence-corrected chi connectivity index (χ1v) is 8.59. The summed E-state index contributed by atoms with van der Waals surface area (Å²) >= 11 is 1.74. The molecule has 1 aromatic carbocycles. The molecule has 0 radical (unpaired) electrons.